The van der Waals surface area contributed by atoms with Gasteiger partial charge in [-0.25, -0.2) is 8.42 Å². The highest BCUT2D eigenvalue weighted by atomic mass is 32.2. The van der Waals surface area contributed by atoms with Crippen molar-refractivity contribution in [1.82, 2.24) is 4.31 Å². The summed E-state index contributed by atoms with van der Waals surface area (Å²) in [4.78, 5) is 21.9. The van der Waals surface area contributed by atoms with Crippen LogP contribution in [0.1, 0.15) is 26.2 Å². The highest BCUT2D eigenvalue weighted by molar-refractivity contribution is 7.89. The lowest BCUT2D eigenvalue weighted by Gasteiger charge is -2.16. The Hall–Kier alpha value is -2.00. The maximum absolute atomic E-state index is 12.7. The van der Waals surface area contributed by atoms with Gasteiger partial charge in [0.05, 0.1) is 17.4 Å². The molecule has 0 saturated carbocycles. The van der Waals surface area contributed by atoms with Crippen LogP contribution in [-0.4, -0.2) is 43.3 Å². The Morgan fingerprint density at radius 1 is 1.42 bits per heavy atom. The zero-order valence-corrected chi connectivity index (χ0v) is 14.2. The molecule has 0 aliphatic carbocycles. The van der Waals surface area contributed by atoms with E-state index in [1.807, 2.05) is 6.92 Å². The number of carbonyl (C=O) groups excluding carboxylic acids is 1. The average molecular weight is 356 g/mol. The van der Waals surface area contributed by atoms with Gasteiger partial charge < -0.3 is 4.74 Å². The number of hydrogen-bond donors (Lipinski definition) is 0. The molecule has 0 amide bonds. The van der Waals surface area contributed by atoms with E-state index >= 15 is 0 Å². The van der Waals surface area contributed by atoms with Crippen LogP contribution in [0, 0.1) is 16.0 Å². The van der Waals surface area contributed by atoms with E-state index < -0.39 is 32.5 Å². The molecule has 1 aliphatic heterocycles. The van der Waals surface area contributed by atoms with E-state index in [2.05, 4.69) is 0 Å². The molecule has 132 valence electrons. The third-order valence-electron chi connectivity index (χ3n) is 3.91. The predicted octanol–water partition coefficient (Wildman–Crippen LogP) is 1.95. The number of para-hydroxylation sites is 1. The Kier molecular flexibility index (Phi) is 5.89. The zero-order chi connectivity index (χ0) is 17.7. The molecule has 2 rings (SSSR count). The Morgan fingerprint density at radius 3 is 2.79 bits per heavy atom. The standard InChI is InChI=1S/C15H20N2O6S/c1-2-3-10-23-15(18)12-8-9-16(11-12)24(21,22)14-7-5-4-6-13(14)17(19)20/h4-7,12H,2-3,8-11H2,1H3. The number of benzene rings is 1. The molecule has 0 aromatic heterocycles. The van der Waals surface area contributed by atoms with Crippen LogP contribution in [0.3, 0.4) is 0 Å². The van der Waals surface area contributed by atoms with Gasteiger partial charge in [0, 0.05) is 19.2 Å². The number of ether oxygens (including phenoxy) is 1. The number of nitro benzene ring substituents is 1. The van der Waals surface area contributed by atoms with Crippen LogP contribution in [0.15, 0.2) is 29.2 Å². The van der Waals surface area contributed by atoms with Gasteiger partial charge in [-0.1, -0.05) is 25.5 Å². The summed E-state index contributed by atoms with van der Waals surface area (Å²) in [5, 5.41) is 11.1. The number of rotatable bonds is 7. The van der Waals surface area contributed by atoms with E-state index in [1.54, 1.807) is 0 Å². The van der Waals surface area contributed by atoms with Gasteiger partial charge in [-0.2, -0.15) is 4.31 Å². The van der Waals surface area contributed by atoms with Crippen molar-refractivity contribution >= 4 is 21.7 Å². The van der Waals surface area contributed by atoms with Gasteiger partial charge in [-0.15, -0.1) is 0 Å². The quantitative estimate of drug-likeness (QED) is 0.320. The van der Waals surface area contributed by atoms with Crippen molar-refractivity contribution < 1.29 is 22.9 Å². The summed E-state index contributed by atoms with van der Waals surface area (Å²) >= 11 is 0. The SMILES string of the molecule is CCCCOC(=O)C1CCN(S(=O)(=O)c2ccccc2[N+](=O)[O-])C1. The summed E-state index contributed by atoms with van der Waals surface area (Å²) in [6, 6.07) is 5.21. The molecule has 0 bridgehead atoms. The Labute approximate surface area is 140 Å². The first-order valence-corrected chi connectivity index (χ1v) is 9.22. The largest absolute Gasteiger partial charge is 0.465 e. The topological polar surface area (TPSA) is 107 Å². The second-order valence-electron chi connectivity index (χ2n) is 5.59. The first-order chi connectivity index (χ1) is 11.4. The summed E-state index contributed by atoms with van der Waals surface area (Å²) in [6.45, 7) is 2.43. The molecular weight excluding hydrogens is 336 g/mol. The first kappa shape index (κ1) is 18.3. The fraction of sp³-hybridized carbons (Fsp3) is 0.533. The van der Waals surface area contributed by atoms with Gasteiger partial charge in [0.2, 0.25) is 10.0 Å². The Morgan fingerprint density at radius 2 is 2.12 bits per heavy atom. The summed E-state index contributed by atoms with van der Waals surface area (Å²) in [5.41, 5.74) is -0.466. The number of unbranched alkanes of at least 4 members (excludes halogenated alkanes) is 1. The molecule has 0 radical (unpaired) electrons. The van der Waals surface area contributed by atoms with E-state index in [1.165, 1.54) is 18.2 Å². The van der Waals surface area contributed by atoms with Gasteiger partial charge in [0.15, 0.2) is 4.90 Å². The van der Waals surface area contributed by atoms with Crippen molar-refractivity contribution in [3.05, 3.63) is 34.4 Å². The molecule has 9 heteroatoms. The molecule has 1 fully saturated rings. The molecular formula is C15H20N2O6S. The predicted molar refractivity (Wildman–Crippen MR) is 85.8 cm³/mol. The Balaban J connectivity index is 2.12. The number of carbonyl (C=O) groups is 1. The molecule has 1 atom stereocenters. The van der Waals surface area contributed by atoms with Gasteiger partial charge >= 0.3 is 5.97 Å². The summed E-state index contributed by atoms with van der Waals surface area (Å²) < 4.78 is 31.6. The number of nitro groups is 1. The minimum absolute atomic E-state index is 0.0145. The molecule has 1 saturated heterocycles. The number of esters is 1. The van der Waals surface area contributed by atoms with Crippen molar-refractivity contribution in [3.8, 4) is 0 Å². The van der Waals surface area contributed by atoms with Crippen LogP contribution in [0.4, 0.5) is 5.69 Å². The van der Waals surface area contributed by atoms with Gasteiger partial charge in [0.25, 0.3) is 5.69 Å². The minimum Gasteiger partial charge on any atom is -0.465 e. The number of nitrogens with zero attached hydrogens (tertiary/aromatic N) is 2. The van der Waals surface area contributed by atoms with Gasteiger partial charge in [0.1, 0.15) is 0 Å². The molecule has 1 unspecified atom stereocenters. The molecule has 1 aromatic carbocycles. The highest BCUT2D eigenvalue weighted by Crippen LogP contribution is 2.30. The molecule has 24 heavy (non-hydrogen) atoms. The third-order valence-corrected chi connectivity index (χ3v) is 5.82. The van der Waals surface area contributed by atoms with Crippen LogP contribution in [0.2, 0.25) is 0 Å². The smallest absolute Gasteiger partial charge is 0.310 e. The summed E-state index contributed by atoms with van der Waals surface area (Å²) in [5.74, 6) is -0.942. The van der Waals surface area contributed by atoms with E-state index in [0.717, 1.165) is 23.2 Å². The van der Waals surface area contributed by atoms with Gasteiger partial charge in [-0.3, -0.25) is 14.9 Å². The van der Waals surface area contributed by atoms with E-state index in [0.29, 0.717) is 13.0 Å². The van der Waals surface area contributed by atoms with Crippen molar-refractivity contribution in [1.29, 1.82) is 0 Å². The molecule has 1 aliphatic rings. The lowest BCUT2D eigenvalue weighted by atomic mass is 10.1. The van der Waals surface area contributed by atoms with E-state index in [-0.39, 0.29) is 18.0 Å². The molecule has 1 heterocycles. The number of hydrogen-bond acceptors (Lipinski definition) is 6. The molecule has 1 aromatic rings. The van der Waals surface area contributed by atoms with Crippen LogP contribution in [0.25, 0.3) is 0 Å². The molecule has 8 nitrogen and oxygen atoms in total. The fourth-order valence-corrected chi connectivity index (χ4v) is 4.20. The van der Waals surface area contributed by atoms with Crippen LogP contribution in [0.5, 0.6) is 0 Å². The minimum atomic E-state index is -4.02. The van der Waals surface area contributed by atoms with Gasteiger partial charge in [-0.05, 0) is 18.9 Å². The maximum atomic E-state index is 12.7. The van der Waals surface area contributed by atoms with Crippen molar-refractivity contribution in [2.24, 2.45) is 5.92 Å². The van der Waals surface area contributed by atoms with Crippen LogP contribution < -0.4 is 0 Å². The first-order valence-electron chi connectivity index (χ1n) is 7.78. The average Bonchev–Trinajstić information content (AvgIpc) is 3.06. The van der Waals surface area contributed by atoms with E-state index in [4.69, 9.17) is 4.74 Å². The third kappa shape index (κ3) is 3.90. The number of sulfonamides is 1. The zero-order valence-electron chi connectivity index (χ0n) is 13.4. The fourth-order valence-electron chi connectivity index (χ4n) is 2.54. The summed E-state index contributed by atoms with van der Waals surface area (Å²) in [6.07, 6.45) is 2.01. The van der Waals surface area contributed by atoms with Crippen molar-refractivity contribution in [2.75, 3.05) is 19.7 Å². The van der Waals surface area contributed by atoms with Crippen molar-refractivity contribution in [2.45, 2.75) is 31.1 Å². The van der Waals surface area contributed by atoms with Crippen molar-refractivity contribution in [3.63, 3.8) is 0 Å². The maximum Gasteiger partial charge on any atom is 0.310 e. The Bertz CT molecular complexity index is 718. The second-order valence-corrected chi connectivity index (χ2v) is 7.50. The lowest BCUT2D eigenvalue weighted by Crippen LogP contribution is -2.31. The highest BCUT2D eigenvalue weighted by Gasteiger charge is 2.39. The molecule has 0 spiro atoms. The summed E-state index contributed by atoms with van der Waals surface area (Å²) in [7, 11) is -4.02. The monoisotopic (exact) mass is 356 g/mol. The molecule has 0 N–H and O–H groups in total. The normalized spacial score (nSPS) is 18.5. The van der Waals surface area contributed by atoms with Crippen LogP contribution in [-0.2, 0) is 19.6 Å². The van der Waals surface area contributed by atoms with Crippen LogP contribution >= 0.6 is 0 Å². The second kappa shape index (κ2) is 7.71. The van der Waals surface area contributed by atoms with E-state index in [9.17, 15) is 23.3 Å². The lowest BCUT2D eigenvalue weighted by molar-refractivity contribution is -0.387.